The molecule has 2 heteroatoms. The molecular formula is C18H29NO. The molecule has 1 aliphatic carbocycles. The van der Waals surface area contributed by atoms with Crippen molar-refractivity contribution >= 4 is 0 Å². The fourth-order valence-electron chi connectivity index (χ4n) is 3.50. The van der Waals surface area contributed by atoms with Gasteiger partial charge in [-0.1, -0.05) is 31.5 Å². The van der Waals surface area contributed by atoms with Crippen LogP contribution in [0.15, 0.2) is 30.3 Å². The molecule has 3 atom stereocenters. The van der Waals surface area contributed by atoms with Gasteiger partial charge in [-0.3, -0.25) is 0 Å². The molecule has 1 aliphatic rings. The van der Waals surface area contributed by atoms with Crippen LogP contribution >= 0.6 is 0 Å². The van der Waals surface area contributed by atoms with Crippen LogP contribution in [0.1, 0.15) is 39.0 Å². The number of hydrogen-bond acceptors (Lipinski definition) is 2. The minimum Gasteiger partial charge on any atom is -0.494 e. The number of ether oxygens (including phenoxy) is 1. The standard InChI is InChI=1S/C18H29NO/c1-15-10-11-17(14-19-2)16(13-15)7-6-12-20-18-8-4-3-5-9-18/h3-5,8-9,15-17,19H,6-7,10-14H2,1-2H3. The molecule has 1 N–H and O–H groups in total. The second-order valence-electron chi connectivity index (χ2n) is 6.30. The van der Waals surface area contributed by atoms with Gasteiger partial charge in [0, 0.05) is 0 Å². The maximum Gasteiger partial charge on any atom is 0.119 e. The minimum absolute atomic E-state index is 0.848. The van der Waals surface area contributed by atoms with Crippen LogP contribution in [0.3, 0.4) is 0 Å². The van der Waals surface area contributed by atoms with Gasteiger partial charge in [0.1, 0.15) is 5.75 Å². The summed E-state index contributed by atoms with van der Waals surface area (Å²) < 4.78 is 5.80. The average Bonchev–Trinajstić information content (AvgIpc) is 2.47. The zero-order chi connectivity index (χ0) is 14.2. The lowest BCUT2D eigenvalue weighted by Crippen LogP contribution is -2.31. The number of para-hydroxylation sites is 1. The van der Waals surface area contributed by atoms with E-state index in [2.05, 4.69) is 19.3 Å². The van der Waals surface area contributed by atoms with Crippen LogP contribution in [0.4, 0.5) is 0 Å². The second kappa shape index (κ2) is 8.31. The van der Waals surface area contributed by atoms with E-state index >= 15 is 0 Å². The first-order valence-corrected chi connectivity index (χ1v) is 8.12. The topological polar surface area (TPSA) is 21.3 Å². The first-order valence-electron chi connectivity index (χ1n) is 8.12. The van der Waals surface area contributed by atoms with E-state index < -0.39 is 0 Å². The van der Waals surface area contributed by atoms with Gasteiger partial charge in [-0.2, -0.15) is 0 Å². The van der Waals surface area contributed by atoms with E-state index in [4.69, 9.17) is 4.74 Å². The number of benzene rings is 1. The Bertz CT molecular complexity index is 365. The van der Waals surface area contributed by atoms with Crippen molar-refractivity contribution in [1.82, 2.24) is 5.32 Å². The van der Waals surface area contributed by atoms with Crippen molar-refractivity contribution in [2.24, 2.45) is 17.8 Å². The molecule has 0 radical (unpaired) electrons. The largest absolute Gasteiger partial charge is 0.494 e. The van der Waals surface area contributed by atoms with E-state index in [1.54, 1.807) is 0 Å². The monoisotopic (exact) mass is 275 g/mol. The van der Waals surface area contributed by atoms with Gasteiger partial charge in [-0.15, -0.1) is 0 Å². The molecular weight excluding hydrogens is 246 g/mol. The zero-order valence-corrected chi connectivity index (χ0v) is 13.0. The Hall–Kier alpha value is -1.02. The molecule has 0 spiro atoms. The Labute approximate surface area is 123 Å². The Morgan fingerprint density at radius 1 is 1.15 bits per heavy atom. The summed E-state index contributed by atoms with van der Waals surface area (Å²) in [4.78, 5) is 0. The summed E-state index contributed by atoms with van der Waals surface area (Å²) in [7, 11) is 2.08. The van der Waals surface area contributed by atoms with E-state index in [9.17, 15) is 0 Å². The Morgan fingerprint density at radius 3 is 2.70 bits per heavy atom. The highest BCUT2D eigenvalue weighted by atomic mass is 16.5. The maximum absolute atomic E-state index is 5.80. The third kappa shape index (κ3) is 4.82. The summed E-state index contributed by atoms with van der Waals surface area (Å²) >= 11 is 0. The molecule has 1 aromatic rings. The van der Waals surface area contributed by atoms with Crippen LogP contribution in [0, 0.1) is 17.8 Å². The molecule has 0 bridgehead atoms. The highest BCUT2D eigenvalue weighted by Gasteiger charge is 2.27. The van der Waals surface area contributed by atoms with Gasteiger partial charge in [0.25, 0.3) is 0 Å². The van der Waals surface area contributed by atoms with Crippen LogP contribution in [-0.2, 0) is 0 Å². The van der Waals surface area contributed by atoms with Crippen molar-refractivity contribution in [3.05, 3.63) is 30.3 Å². The molecule has 1 saturated carbocycles. The molecule has 2 rings (SSSR count). The molecule has 0 amide bonds. The Balaban J connectivity index is 1.70. The van der Waals surface area contributed by atoms with Crippen molar-refractivity contribution in [2.45, 2.75) is 39.0 Å². The van der Waals surface area contributed by atoms with Gasteiger partial charge in [0.2, 0.25) is 0 Å². The van der Waals surface area contributed by atoms with Crippen LogP contribution in [0.2, 0.25) is 0 Å². The molecule has 3 unspecified atom stereocenters. The van der Waals surface area contributed by atoms with Crippen molar-refractivity contribution in [2.75, 3.05) is 20.2 Å². The highest BCUT2D eigenvalue weighted by molar-refractivity contribution is 5.20. The summed E-state index contributed by atoms with van der Waals surface area (Å²) in [6.07, 6.45) is 6.68. The van der Waals surface area contributed by atoms with Gasteiger partial charge in [0.05, 0.1) is 6.61 Å². The van der Waals surface area contributed by atoms with Crippen LogP contribution < -0.4 is 10.1 Å². The molecule has 1 fully saturated rings. The highest BCUT2D eigenvalue weighted by Crippen LogP contribution is 2.36. The summed E-state index contributed by atoms with van der Waals surface area (Å²) in [5.74, 6) is 3.65. The number of hydrogen-bond donors (Lipinski definition) is 1. The van der Waals surface area contributed by atoms with Crippen LogP contribution in [-0.4, -0.2) is 20.2 Å². The van der Waals surface area contributed by atoms with Crippen molar-refractivity contribution in [1.29, 1.82) is 0 Å². The lowest BCUT2D eigenvalue weighted by molar-refractivity contribution is 0.165. The van der Waals surface area contributed by atoms with Gasteiger partial charge in [-0.05, 0) is 69.2 Å². The molecule has 0 aromatic heterocycles. The Morgan fingerprint density at radius 2 is 1.95 bits per heavy atom. The quantitative estimate of drug-likeness (QED) is 0.756. The smallest absolute Gasteiger partial charge is 0.119 e. The van der Waals surface area contributed by atoms with E-state index in [-0.39, 0.29) is 0 Å². The van der Waals surface area contributed by atoms with Crippen molar-refractivity contribution in [3.63, 3.8) is 0 Å². The fourth-order valence-corrected chi connectivity index (χ4v) is 3.50. The van der Waals surface area contributed by atoms with Crippen molar-refractivity contribution in [3.8, 4) is 5.75 Å². The third-order valence-corrected chi connectivity index (χ3v) is 4.60. The zero-order valence-electron chi connectivity index (χ0n) is 13.0. The number of rotatable bonds is 7. The first kappa shape index (κ1) is 15.4. The molecule has 112 valence electrons. The van der Waals surface area contributed by atoms with E-state index in [1.807, 2.05) is 30.3 Å². The van der Waals surface area contributed by atoms with E-state index in [0.717, 1.165) is 30.1 Å². The lowest BCUT2D eigenvalue weighted by Gasteiger charge is -2.35. The fraction of sp³-hybridized carbons (Fsp3) is 0.667. The molecule has 0 heterocycles. The SMILES string of the molecule is CNCC1CCC(C)CC1CCCOc1ccccc1. The first-order chi connectivity index (χ1) is 9.79. The molecule has 0 saturated heterocycles. The van der Waals surface area contributed by atoms with Gasteiger partial charge < -0.3 is 10.1 Å². The maximum atomic E-state index is 5.80. The predicted octanol–water partition coefficient (Wildman–Crippen LogP) is 4.12. The predicted molar refractivity (Wildman–Crippen MR) is 85.1 cm³/mol. The third-order valence-electron chi connectivity index (χ3n) is 4.60. The van der Waals surface area contributed by atoms with Gasteiger partial charge >= 0.3 is 0 Å². The normalized spacial score (nSPS) is 26.4. The van der Waals surface area contributed by atoms with Gasteiger partial charge in [0.15, 0.2) is 0 Å². The molecule has 2 nitrogen and oxygen atoms in total. The Kier molecular flexibility index (Phi) is 6.38. The molecule has 1 aromatic carbocycles. The molecule has 0 aliphatic heterocycles. The molecule has 20 heavy (non-hydrogen) atoms. The van der Waals surface area contributed by atoms with Gasteiger partial charge in [-0.25, -0.2) is 0 Å². The number of nitrogens with one attached hydrogen (secondary N) is 1. The van der Waals surface area contributed by atoms with Crippen molar-refractivity contribution < 1.29 is 4.74 Å². The summed E-state index contributed by atoms with van der Waals surface area (Å²) in [6, 6.07) is 10.2. The van der Waals surface area contributed by atoms with Crippen LogP contribution in [0.5, 0.6) is 5.75 Å². The lowest BCUT2D eigenvalue weighted by atomic mass is 9.73. The van der Waals surface area contributed by atoms with E-state index in [1.165, 1.54) is 38.6 Å². The summed E-state index contributed by atoms with van der Waals surface area (Å²) in [5, 5.41) is 3.37. The summed E-state index contributed by atoms with van der Waals surface area (Å²) in [6.45, 7) is 4.43. The van der Waals surface area contributed by atoms with E-state index in [0.29, 0.717) is 0 Å². The average molecular weight is 275 g/mol. The summed E-state index contributed by atoms with van der Waals surface area (Å²) in [5.41, 5.74) is 0. The minimum atomic E-state index is 0.848. The van der Waals surface area contributed by atoms with Crippen LogP contribution in [0.25, 0.3) is 0 Å². The second-order valence-corrected chi connectivity index (χ2v) is 6.30.